The summed E-state index contributed by atoms with van der Waals surface area (Å²) >= 11 is 0. The molecule has 3 aromatic heterocycles. The molecule has 0 aliphatic heterocycles. The molecule has 0 N–H and O–H groups in total. The highest BCUT2D eigenvalue weighted by molar-refractivity contribution is 6.31. The summed E-state index contributed by atoms with van der Waals surface area (Å²) in [6, 6.07) is 72.8. The van der Waals surface area contributed by atoms with Gasteiger partial charge in [0.2, 0.25) is 0 Å². The molecule has 0 fully saturated rings. The molecule has 0 radical (unpaired) electrons. The second-order valence-corrected chi connectivity index (χ2v) is 15.9. The fourth-order valence-electron chi connectivity index (χ4n) is 9.74. The van der Waals surface area contributed by atoms with Gasteiger partial charge in [0.05, 0.1) is 16.6 Å². The lowest BCUT2D eigenvalue weighted by atomic mass is 9.85. The third-order valence-corrected chi connectivity index (χ3v) is 12.4. The van der Waals surface area contributed by atoms with Gasteiger partial charge in [-0.1, -0.05) is 176 Å². The molecule has 0 spiro atoms. The van der Waals surface area contributed by atoms with Crippen LogP contribution in [0.3, 0.4) is 0 Å². The first kappa shape index (κ1) is 34.5. The fraction of sp³-hybridized carbons (Fsp3) is 0. The summed E-state index contributed by atoms with van der Waals surface area (Å²) in [5, 5.41) is 6.94. The standard InChI is InChI=1S/C57H34N4O/c1-5-17-35(18-6-1)49-42-27-15-25-37-31-32-47-53(51(37)42)52-43(50(49)36-19-7-2-8-20-36)28-16-29-46(52)61(47)40-33-44-41-26-13-14-30-48(41)62-54(44)45(34-40)57-59-55(38-21-9-3-10-22-38)58-56(60-57)39-23-11-4-12-24-39/h1-34H. The van der Waals surface area contributed by atoms with Crippen molar-refractivity contribution in [2.75, 3.05) is 0 Å². The molecular formula is C57H34N4O. The van der Waals surface area contributed by atoms with Crippen molar-refractivity contribution in [1.82, 2.24) is 19.5 Å². The average molecular weight is 791 g/mol. The maximum absolute atomic E-state index is 6.78. The van der Waals surface area contributed by atoms with Crippen LogP contribution in [0.5, 0.6) is 0 Å². The lowest BCUT2D eigenvalue weighted by molar-refractivity contribution is 0.669. The summed E-state index contributed by atoms with van der Waals surface area (Å²) in [6.45, 7) is 0. The van der Waals surface area contributed by atoms with Gasteiger partial charge in [-0.15, -0.1) is 0 Å². The molecule has 9 aromatic carbocycles. The number of aromatic nitrogens is 4. The Bertz CT molecular complexity index is 3720. The zero-order valence-corrected chi connectivity index (χ0v) is 33.3. The number of fused-ring (bicyclic) bond motifs is 3. The Labute approximate surface area is 356 Å². The number of rotatable bonds is 6. The molecule has 0 bridgehead atoms. The normalized spacial score (nSPS) is 12.5. The van der Waals surface area contributed by atoms with Crippen molar-refractivity contribution in [3.63, 3.8) is 0 Å². The molecule has 0 unspecified atom stereocenters. The minimum Gasteiger partial charge on any atom is -0.455 e. The van der Waals surface area contributed by atoms with Gasteiger partial charge in [0.25, 0.3) is 0 Å². The van der Waals surface area contributed by atoms with E-state index in [1.165, 1.54) is 54.9 Å². The summed E-state index contributed by atoms with van der Waals surface area (Å²) in [6.07, 6.45) is 0. The topological polar surface area (TPSA) is 56.7 Å². The molecule has 288 valence electrons. The third-order valence-electron chi connectivity index (χ3n) is 12.4. The van der Waals surface area contributed by atoms with Crippen LogP contribution in [0.2, 0.25) is 0 Å². The maximum Gasteiger partial charge on any atom is 0.167 e. The van der Waals surface area contributed by atoms with Gasteiger partial charge in [-0.2, -0.15) is 0 Å². The van der Waals surface area contributed by atoms with Gasteiger partial charge < -0.3 is 8.98 Å². The largest absolute Gasteiger partial charge is 0.455 e. The molecule has 12 aromatic rings. The van der Waals surface area contributed by atoms with Gasteiger partial charge in [0, 0.05) is 38.4 Å². The summed E-state index contributed by atoms with van der Waals surface area (Å²) in [5.41, 5.74) is 14.6. The van der Waals surface area contributed by atoms with Crippen molar-refractivity contribution in [2.24, 2.45) is 0 Å². The van der Waals surface area contributed by atoms with E-state index in [9.17, 15) is 0 Å². The smallest absolute Gasteiger partial charge is 0.167 e. The Morgan fingerprint density at radius 1 is 0.355 bits per heavy atom. The zero-order valence-electron chi connectivity index (χ0n) is 33.3. The van der Waals surface area contributed by atoms with Gasteiger partial charge >= 0.3 is 0 Å². The van der Waals surface area contributed by atoms with Crippen LogP contribution in [-0.2, 0) is 0 Å². The van der Waals surface area contributed by atoms with Crippen LogP contribution in [0.25, 0.3) is 106 Å². The monoisotopic (exact) mass is 790 g/mol. The quantitative estimate of drug-likeness (QED) is 0.168. The van der Waals surface area contributed by atoms with E-state index in [-0.39, 0.29) is 0 Å². The van der Waals surface area contributed by atoms with Crippen molar-refractivity contribution >= 4 is 65.7 Å². The average Bonchev–Trinajstić information content (AvgIpc) is 3.86. The number of nitrogens with zero attached hydrogens (tertiary/aromatic N) is 4. The molecular weight excluding hydrogens is 757 g/mol. The number of hydrogen-bond acceptors (Lipinski definition) is 4. The van der Waals surface area contributed by atoms with Crippen molar-refractivity contribution in [3.05, 3.63) is 229 Å². The molecule has 1 aliphatic carbocycles. The summed E-state index contributed by atoms with van der Waals surface area (Å²) in [5.74, 6) is 1.74. The molecule has 0 atom stereocenters. The maximum atomic E-state index is 6.78. The molecule has 5 nitrogen and oxygen atoms in total. The Hall–Kier alpha value is -8.41. The lowest BCUT2D eigenvalue weighted by Gasteiger charge is -2.19. The van der Waals surface area contributed by atoms with Crippen LogP contribution < -0.4 is 0 Å². The van der Waals surface area contributed by atoms with E-state index in [0.717, 1.165) is 55.3 Å². The highest BCUT2D eigenvalue weighted by Gasteiger charge is 2.29. The minimum absolute atomic E-state index is 0.542. The third kappa shape index (κ3) is 5.18. The van der Waals surface area contributed by atoms with Crippen molar-refractivity contribution in [3.8, 4) is 39.9 Å². The molecule has 5 heteroatoms. The SMILES string of the molecule is c1ccc(C2=C(c3ccccc3)c3cccc4c3c3c5c2cccc5ccc3n4-c2cc(-c3nc(-c4ccccc4)nc(-c4ccccc4)n3)c3oc4ccccc4c3c2)cc1. The molecule has 62 heavy (non-hydrogen) atoms. The zero-order chi connectivity index (χ0) is 40.7. The highest BCUT2D eigenvalue weighted by atomic mass is 16.3. The molecule has 0 saturated heterocycles. The van der Waals surface area contributed by atoms with Crippen LogP contribution in [0.15, 0.2) is 211 Å². The summed E-state index contributed by atoms with van der Waals surface area (Å²) in [7, 11) is 0. The summed E-state index contributed by atoms with van der Waals surface area (Å²) in [4.78, 5) is 15.5. The predicted octanol–water partition coefficient (Wildman–Crippen LogP) is 14.3. The predicted molar refractivity (Wildman–Crippen MR) is 253 cm³/mol. The Kier molecular flexibility index (Phi) is 7.54. The number of benzene rings is 9. The van der Waals surface area contributed by atoms with E-state index >= 15 is 0 Å². The van der Waals surface area contributed by atoms with Crippen LogP contribution in [0.4, 0.5) is 0 Å². The Morgan fingerprint density at radius 3 is 1.53 bits per heavy atom. The van der Waals surface area contributed by atoms with Gasteiger partial charge in [0.1, 0.15) is 11.2 Å². The second-order valence-electron chi connectivity index (χ2n) is 15.9. The second kappa shape index (κ2) is 13.6. The number of furan rings is 1. The van der Waals surface area contributed by atoms with Gasteiger partial charge in [-0.25, -0.2) is 15.0 Å². The minimum atomic E-state index is 0.542. The Balaban J connectivity index is 1.16. The lowest BCUT2D eigenvalue weighted by Crippen LogP contribution is -2.02. The van der Waals surface area contributed by atoms with Crippen LogP contribution in [0.1, 0.15) is 22.3 Å². The number of para-hydroxylation sites is 1. The molecule has 13 rings (SSSR count). The van der Waals surface area contributed by atoms with E-state index < -0.39 is 0 Å². The van der Waals surface area contributed by atoms with Crippen LogP contribution >= 0.6 is 0 Å². The van der Waals surface area contributed by atoms with Gasteiger partial charge in [-0.3, -0.25) is 0 Å². The first-order chi connectivity index (χ1) is 30.8. The summed E-state index contributed by atoms with van der Waals surface area (Å²) < 4.78 is 9.21. The molecule has 3 heterocycles. The van der Waals surface area contributed by atoms with Gasteiger partial charge in [0.15, 0.2) is 17.5 Å². The van der Waals surface area contributed by atoms with Crippen LogP contribution in [0, 0.1) is 0 Å². The van der Waals surface area contributed by atoms with E-state index in [1.54, 1.807) is 0 Å². The Morgan fingerprint density at radius 2 is 0.887 bits per heavy atom. The highest BCUT2D eigenvalue weighted by Crippen LogP contribution is 2.50. The number of hydrogen-bond donors (Lipinski definition) is 0. The molecule has 1 aliphatic rings. The first-order valence-electron chi connectivity index (χ1n) is 20.9. The first-order valence-corrected chi connectivity index (χ1v) is 20.9. The van der Waals surface area contributed by atoms with Gasteiger partial charge in [-0.05, 0) is 74.5 Å². The van der Waals surface area contributed by atoms with E-state index in [1.807, 2.05) is 72.8 Å². The fourth-order valence-corrected chi connectivity index (χ4v) is 9.74. The van der Waals surface area contributed by atoms with Crippen LogP contribution in [-0.4, -0.2) is 19.5 Å². The van der Waals surface area contributed by atoms with Crippen molar-refractivity contribution < 1.29 is 4.42 Å². The van der Waals surface area contributed by atoms with Crippen molar-refractivity contribution in [1.29, 1.82) is 0 Å². The van der Waals surface area contributed by atoms with E-state index in [2.05, 4.69) is 138 Å². The molecule has 0 amide bonds. The molecule has 0 saturated carbocycles. The van der Waals surface area contributed by atoms with E-state index in [4.69, 9.17) is 19.4 Å². The van der Waals surface area contributed by atoms with E-state index in [0.29, 0.717) is 17.5 Å². The van der Waals surface area contributed by atoms with Crippen molar-refractivity contribution in [2.45, 2.75) is 0 Å².